The number of hydrogen-bond donors (Lipinski definition) is 0. The second-order valence-electron chi connectivity index (χ2n) is 8.04. The number of halogens is 1. The summed E-state index contributed by atoms with van der Waals surface area (Å²) >= 11 is 0. The lowest BCUT2D eigenvalue weighted by Gasteiger charge is -2.39. The molecule has 1 aliphatic heterocycles. The molecule has 1 saturated heterocycles. The summed E-state index contributed by atoms with van der Waals surface area (Å²) in [5.74, 6) is -0.211. The van der Waals surface area contributed by atoms with E-state index in [1.807, 2.05) is 36.5 Å². The third-order valence-electron chi connectivity index (χ3n) is 5.72. The third kappa shape index (κ3) is 4.43. The van der Waals surface area contributed by atoms with Crippen LogP contribution in [0.4, 0.5) is 4.39 Å². The molecule has 1 aliphatic rings. The monoisotopic (exact) mass is 456 g/mol. The van der Waals surface area contributed by atoms with Gasteiger partial charge in [-0.2, -0.15) is 0 Å². The van der Waals surface area contributed by atoms with Crippen molar-refractivity contribution in [3.8, 4) is 5.75 Å². The number of ketones is 1. The van der Waals surface area contributed by atoms with Gasteiger partial charge in [0.15, 0.2) is 5.78 Å². The molecule has 1 fully saturated rings. The molecule has 1 amide bonds. The lowest BCUT2D eigenvalue weighted by atomic mass is 9.96. The first kappa shape index (κ1) is 21.5. The molecule has 0 N–H and O–H groups in total. The largest absolute Gasteiger partial charge is 0.487 e. The number of likely N-dealkylation sites (tertiary alicyclic amines) is 1. The minimum atomic E-state index is -0.421. The predicted molar refractivity (Wildman–Crippen MR) is 122 cm³/mol. The number of aromatic nitrogens is 3. The standard InChI is InChI=1S/C26H21FN4O3/c27-19-12-10-18(11-13-19)25(32)23-8-4-5-9-24(23)26(33)30-15-21(16-30)31-14-20(28-29-31)17-34-22-6-2-1-3-7-22/h1-14,21H,15-17H2. The van der Waals surface area contributed by atoms with Crippen molar-refractivity contribution in [1.82, 2.24) is 19.9 Å². The van der Waals surface area contributed by atoms with Crippen LogP contribution in [0.5, 0.6) is 5.75 Å². The Morgan fingerprint density at radius 3 is 2.32 bits per heavy atom. The van der Waals surface area contributed by atoms with E-state index in [2.05, 4.69) is 10.3 Å². The van der Waals surface area contributed by atoms with Gasteiger partial charge in [-0.25, -0.2) is 9.07 Å². The first-order chi connectivity index (χ1) is 16.6. The van der Waals surface area contributed by atoms with E-state index >= 15 is 0 Å². The highest BCUT2D eigenvalue weighted by atomic mass is 19.1. The molecule has 3 aromatic carbocycles. The summed E-state index contributed by atoms with van der Waals surface area (Å²) < 4.78 is 20.7. The summed E-state index contributed by atoms with van der Waals surface area (Å²) in [5, 5.41) is 8.33. The normalized spacial score (nSPS) is 13.4. The van der Waals surface area contributed by atoms with Crippen LogP contribution in [-0.2, 0) is 6.61 Å². The predicted octanol–water partition coefficient (Wildman–Crippen LogP) is 3.92. The Balaban J connectivity index is 1.22. The van der Waals surface area contributed by atoms with Crippen LogP contribution in [-0.4, -0.2) is 44.7 Å². The van der Waals surface area contributed by atoms with E-state index in [1.165, 1.54) is 24.3 Å². The Morgan fingerprint density at radius 1 is 0.912 bits per heavy atom. The summed E-state index contributed by atoms with van der Waals surface area (Å²) in [4.78, 5) is 27.7. The van der Waals surface area contributed by atoms with E-state index in [0.717, 1.165) is 5.75 Å². The van der Waals surface area contributed by atoms with Gasteiger partial charge in [0.2, 0.25) is 0 Å². The van der Waals surface area contributed by atoms with Crippen molar-refractivity contribution in [3.63, 3.8) is 0 Å². The van der Waals surface area contributed by atoms with Gasteiger partial charge in [0.05, 0.1) is 17.8 Å². The minimum absolute atomic E-state index is 0.00175. The van der Waals surface area contributed by atoms with Gasteiger partial charge in [-0.1, -0.05) is 41.6 Å². The molecule has 0 saturated carbocycles. The second kappa shape index (κ2) is 9.27. The number of nitrogens with zero attached hydrogens (tertiary/aromatic N) is 4. The Bertz CT molecular complexity index is 1320. The minimum Gasteiger partial charge on any atom is -0.487 e. The molecule has 34 heavy (non-hydrogen) atoms. The van der Waals surface area contributed by atoms with E-state index in [9.17, 15) is 14.0 Å². The fourth-order valence-corrected chi connectivity index (χ4v) is 3.82. The Labute approximate surface area is 195 Å². The maximum absolute atomic E-state index is 13.2. The number of carbonyl (C=O) groups excluding carboxylic acids is 2. The quantitative estimate of drug-likeness (QED) is 0.394. The van der Waals surface area contributed by atoms with Crippen molar-refractivity contribution < 1.29 is 18.7 Å². The molecule has 0 radical (unpaired) electrons. The van der Waals surface area contributed by atoms with Crippen LogP contribution in [0.1, 0.15) is 38.0 Å². The molecule has 2 heterocycles. The van der Waals surface area contributed by atoms with E-state index in [4.69, 9.17) is 4.74 Å². The summed E-state index contributed by atoms with van der Waals surface area (Å²) in [6.07, 6.45) is 1.82. The summed E-state index contributed by atoms with van der Waals surface area (Å²) in [5.41, 5.74) is 1.65. The van der Waals surface area contributed by atoms with Crippen LogP contribution in [0, 0.1) is 5.82 Å². The number of rotatable bonds is 7. The van der Waals surface area contributed by atoms with Crippen molar-refractivity contribution in [1.29, 1.82) is 0 Å². The Kier molecular flexibility index (Phi) is 5.86. The van der Waals surface area contributed by atoms with Crippen LogP contribution in [0.2, 0.25) is 0 Å². The lowest BCUT2D eigenvalue weighted by molar-refractivity contribution is 0.0496. The summed E-state index contributed by atoms with van der Waals surface area (Å²) in [6, 6.07) is 21.5. The summed E-state index contributed by atoms with van der Waals surface area (Å²) in [6.45, 7) is 1.22. The average molecular weight is 456 g/mol. The molecule has 0 aliphatic carbocycles. The number of benzene rings is 3. The molecular formula is C26H21FN4O3. The number of para-hydroxylation sites is 1. The molecular weight excluding hydrogens is 435 g/mol. The first-order valence-corrected chi connectivity index (χ1v) is 10.9. The second-order valence-corrected chi connectivity index (χ2v) is 8.04. The molecule has 0 atom stereocenters. The molecule has 7 nitrogen and oxygen atoms in total. The number of ether oxygens (including phenoxy) is 1. The fourth-order valence-electron chi connectivity index (χ4n) is 3.82. The molecule has 4 aromatic rings. The SMILES string of the molecule is O=C(c1ccc(F)cc1)c1ccccc1C(=O)N1CC(n2cc(COc3ccccc3)nn2)C1. The molecule has 0 bridgehead atoms. The topological polar surface area (TPSA) is 77.3 Å². The zero-order valence-corrected chi connectivity index (χ0v) is 18.2. The maximum Gasteiger partial charge on any atom is 0.254 e. The highest BCUT2D eigenvalue weighted by molar-refractivity contribution is 6.15. The third-order valence-corrected chi connectivity index (χ3v) is 5.72. The van der Waals surface area contributed by atoms with Crippen LogP contribution in [0.15, 0.2) is 85.1 Å². The first-order valence-electron chi connectivity index (χ1n) is 10.9. The highest BCUT2D eigenvalue weighted by Gasteiger charge is 2.34. The average Bonchev–Trinajstić information content (AvgIpc) is 3.31. The molecule has 8 heteroatoms. The highest BCUT2D eigenvalue weighted by Crippen LogP contribution is 2.25. The van der Waals surface area contributed by atoms with Gasteiger partial charge in [-0.15, -0.1) is 5.10 Å². The van der Waals surface area contributed by atoms with Gasteiger partial charge in [-0.05, 0) is 42.5 Å². The van der Waals surface area contributed by atoms with Gasteiger partial charge < -0.3 is 9.64 Å². The molecule has 5 rings (SSSR count). The van der Waals surface area contributed by atoms with Crippen LogP contribution in [0.3, 0.4) is 0 Å². The fraction of sp³-hybridized carbons (Fsp3) is 0.154. The molecule has 0 spiro atoms. The van der Waals surface area contributed by atoms with Gasteiger partial charge in [0.1, 0.15) is 23.9 Å². The smallest absolute Gasteiger partial charge is 0.254 e. The molecule has 170 valence electrons. The van der Waals surface area contributed by atoms with E-state index in [-0.39, 0.29) is 17.7 Å². The number of hydrogen-bond acceptors (Lipinski definition) is 5. The Hall–Kier alpha value is -4.33. The van der Waals surface area contributed by atoms with Gasteiger partial charge in [-0.3, -0.25) is 9.59 Å². The maximum atomic E-state index is 13.2. The van der Waals surface area contributed by atoms with Crippen molar-refractivity contribution in [2.24, 2.45) is 0 Å². The van der Waals surface area contributed by atoms with E-state index in [0.29, 0.717) is 42.1 Å². The van der Waals surface area contributed by atoms with Crippen LogP contribution in [0.25, 0.3) is 0 Å². The van der Waals surface area contributed by atoms with Gasteiger partial charge >= 0.3 is 0 Å². The van der Waals surface area contributed by atoms with Crippen LogP contribution < -0.4 is 4.74 Å². The Morgan fingerprint density at radius 2 is 1.59 bits per heavy atom. The van der Waals surface area contributed by atoms with Crippen molar-refractivity contribution in [2.75, 3.05) is 13.1 Å². The zero-order valence-electron chi connectivity index (χ0n) is 18.2. The van der Waals surface area contributed by atoms with Gasteiger partial charge in [0, 0.05) is 24.2 Å². The number of carbonyl (C=O) groups is 2. The van der Waals surface area contributed by atoms with Crippen molar-refractivity contribution in [3.05, 3.63) is 113 Å². The van der Waals surface area contributed by atoms with E-state index < -0.39 is 5.82 Å². The summed E-state index contributed by atoms with van der Waals surface area (Å²) in [7, 11) is 0. The van der Waals surface area contributed by atoms with E-state index in [1.54, 1.807) is 33.8 Å². The lowest BCUT2D eigenvalue weighted by Crippen LogP contribution is -2.51. The zero-order chi connectivity index (χ0) is 23.5. The van der Waals surface area contributed by atoms with Crippen molar-refractivity contribution in [2.45, 2.75) is 12.6 Å². The van der Waals surface area contributed by atoms with Gasteiger partial charge in [0.25, 0.3) is 5.91 Å². The molecule has 0 unspecified atom stereocenters. The van der Waals surface area contributed by atoms with Crippen molar-refractivity contribution >= 4 is 11.7 Å². The van der Waals surface area contributed by atoms with Crippen LogP contribution >= 0.6 is 0 Å². The molecule has 1 aromatic heterocycles. The number of amides is 1.